The molecule has 0 fully saturated rings. The van der Waals surface area contributed by atoms with Gasteiger partial charge in [-0.05, 0) is 74.6 Å². The summed E-state index contributed by atoms with van der Waals surface area (Å²) in [6.45, 7) is 8.59. The minimum Gasteiger partial charge on any atom is -0.332 e. The molecule has 3 rings (SSSR count). The van der Waals surface area contributed by atoms with E-state index in [1.165, 1.54) is 4.88 Å². The van der Waals surface area contributed by atoms with Gasteiger partial charge in [0.15, 0.2) is 5.11 Å². The number of guanidine groups is 1. The molecule has 3 aromatic rings. The van der Waals surface area contributed by atoms with Gasteiger partial charge in [-0.25, -0.2) is 9.97 Å². The number of thiocarbonyl (C=S) groups is 1. The van der Waals surface area contributed by atoms with Gasteiger partial charge in [-0.1, -0.05) is 18.2 Å². The number of anilines is 2. The SMILES string of the molecule is Cc1ccc(C)c(NC(=S)NC(=NCCc2cccs2)Nc2nc(C)cc(C)n2)c1. The molecule has 0 spiro atoms. The Morgan fingerprint density at radius 1 is 1.03 bits per heavy atom. The Morgan fingerprint density at radius 2 is 1.80 bits per heavy atom. The molecule has 156 valence electrons. The van der Waals surface area contributed by atoms with Crippen molar-refractivity contribution < 1.29 is 0 Å². The Morgan fingerprint density at radius 3 is 2.50 bits per heavy atom. The standard InChI is InChI=1S/C22H26N6S2/c1-14-7-8-15(2)19(12-14)26-22(29)28-20(23-10-9-18-6-5-11-30-18)27-21-24-16(3)13-17(4)25-21/h5-8,11-13H,9-10H2,1-4H3,(H3,23,24,25,26,27,28,29). The fourth-order valence-corrected chi connectivity index (χ4v) is 3.77. The summed E-state index contributed by atoms with van der Waals surface area (Å²) in [5, 5.41) is 12.1. The van der Waals surface area contributed by atoms with Gasteiger partial charge in [-0.15, -0.1) is 11.3 Å². The molecule has 0 saturated heterocycles. The van der Waals surface area contributed by atoms with Crippen LogP contribution < -0.4 is 16.0 Å². The lowest BCUT2D eigenvalue weighted by molar-refractivity contribution is 0.973. The van der Waals surface area contributed by atoms with Crippen LogP contribution in [-0.4, -0.2) is 27.6 Å². The minimum atomic E-state index is 0.454. The molecule has 0 aliphatic rings. The number of aliphatic imine (C=N–C) groups is 1. The number of aromatic nitrogens is 2. The second-order valence-corrected chi connectivity index (χ2v) is 8.50. The maximum absolute atomic E-state index is 5.53. The molecule has 0 saturated carbocycles. The summed E-state index contributed by atoms with van der Waals surface area (Å²) in [4.78, 5) is 14.8. The van der Waals surface area contributed by atoms with Crippen molar-refractivity contribution in [2.75, 3.05) is 17.2 Å². The third kappa shape index (κ3) is 6.60. The summed E-state index contributed by atoms with van der Waals surface area (Å²) in [6, 6.07) is 12.3. The van der Waals surface area contributed by atoms with Crippen molar-refractivity contribution in [1.29, 1.82) is 0 Å². The first-order chi connectivity index (χ1) is 14.4. The van der Waals surface area contributed by atoms with Crippen molar-refractivity contribution in [1.82, 2.24) is 15.3 Å². The predicted octanol–water partition coefficient (Wildman–Crippen LogP) is 4.77. The van der Waals surface area contributed by atoms with E-state index in [1.807, 2.05) is 32.9 Å². The van der Waals surface area contributed by atoms with Gasteiger partial charge in [0.05, 0.1) is 0 Å². The molecule has 1 aromatic carbocycles. The van der Waals surface area contributed by atoms with Crippen LogP contribution in [0, 0.1) is 27.7 Å². The summed E-state index contributed by atoms with van der Waals surface area (Å²) >= 11 is 7.26. The van der Waals surface area contributed by atoms with Crippen molar-refractivity contribution in [3.05, 3.63) is 69.2 Å². The zero-order chi connectivity index (χ0) is 21.5. The molecule has 8 heteroatoms. The highest BCUT2D eigenvalue weighted by atomic mass is 32.1. The quantitative estimate of drug-likeness (QED) is 0.303. The second kappa shape index (κ2) is 10.3. The number of benzene rings is 1. The van der Waals surface area contributed by atoms with Crippen LogP contribution in [0.15, 0.2) is 46.8 Å². The Bertz CT molecular complexity index is 1020. The van der Waals surface area contributed by atoms with E-state index < -0.39 is 0 Å². The number of hydrogen-bond donors (Lipinski definition) is 3. The van der Waals surface area contributed by atoms with E-state index in [4.69, 9.17) is 12.2 Å². The Hall–Kier alpha value is -2.84. The fourth-order valence-electron chi connectivity index (χ4n) is 2.86. The van der Waals surface area contributed by atoms with E-state index in [0.717, 1.165) is 34.6 Å². The number of rotatable bonds is 5. The zero-order valence-corrected chi connectivity index (χ0v) is 19.2. The fraction of sp³-hybridized carbons (Fsp3) is 0.273. The molecule has 6 nitrogen and oxygen atoms in total. The van der Waals surface area contributed by atoms with Crippen LogP contribution in [0.25, 0.3) is 0 Å². The maximum Gasteiger partial charge on any atom is 0.229 e. The number of thiophene rings is 1. The predicted molar refractivity (Wildman–Crippen MR) is 131 cm³/mol. The average Bonchev–Trinajstić information content (AvgIpc) is 3.17. The van der Waals surface area contributed by atoms with Crippen molar-refractivity contribution in [3.63, 3.8) is 0 Å². The van der Waals surface area contributed by atoms with Crippen molar-refractivity contribution in [3.8, 4) is 0 Å². The molecule has 2 aromatic heterocycles. The van der Waals surface area contributed by atoms with Gasteiger partial charge in [0.25, 0.3) is 0 Å². The molecule has 0 radical (unpaired) electrons. The van der Waals surface area contributed by atoms with Crippen molar-refractivity contribution >= 4 is 46.3 Å². The molecule has 2 heterocycles. The van der Waals surface area contributed by atoms with Crippen LogP contribution in [0.3, 0.4) is 0 Å². The first-order valence-electron chi connectivity index (χ1n) is 9.70. The molecule has 0 bridgehead atoms. The van der Waals surface area contributed by atoms with Crippen molar-refractivity contribution in [2.45, 2.75) is 34.1 Å². The Labute approximate surface area is 186 Å². The highest BCUT2D eigenvalue weighted by Crippen LogP contribution is 2.16. The normalized spacial score (nSPS) is 11.3. The minimum absolute atomic E-state index is 0.454. The molecular weight excluding hydrogens is 412 g/mol. The number of nitrogens with zero attached hydrogens (tertiary/aromatic N) is 3. The number of hydrogen-bond acceptors (Lipinski definition) is 5. The maximum atomic E-state index is 5.53. The van der Waals surface area contributed by atoms with E-state index in [2.05, 4.69) is 67.5 Å². The lowest BCUT2D eigenvalue weighted by Crippen LogP contribution is -2.39. The van der Waals surface area contributed by atoms with Crippen LogP contribution in [-0.2, 0) is 6.42 Å². The van der Waals surface area contributed by atoms with Crippen LogP contribution in [0.1, 0.15) is 27.4 Å². The third-order valence-electron chi connectivity index (χ3n) is 4.29. The monoisotopic (exact) mass is 438 g/mol. The lowest BCUT2D eigenvalue weighted by Gasteiger charge is -2.15. The van der Waals surface area contributed by atoms with E-state index >= 15 is 0 Å². The third-order valence-corrected chi connectivity index (χ3v) is 5.43. The second-order valence-electron chi connectivity index (χ2n) is 7.06. The largest absolute Gasteiger partial charge is 0.332 e. The van der Waals surface area contributed by atoms with E-state index in [1.54, 1.807) is 11.3 Å². The summed E-state index contributed by atoms with van der Waals surface area (Å²) in [5.74, 6) is 1.00. The highest BCUT2D eigenvalue weighted by molar-refractivity contribution is 7.80. The molecule has 3 N–H and O–H groups in total. The van der Waals surface area contributed by atoms with Gasteiger partial charge < -0.3 is 10.6 Å². The number of nitrogens with one attached hydrogen (secondary N) is 3. The Kier molecular flexibility index (Phi) is 7.48. The first-order valence-corrected chi connectivity index (χ1v) is 11.0. The van der Waals surface area contributed by atoms with Gasteiger partial charge in [0, 0.05) is 34.9 Å². The van der Waals surface area contributed by atoms with Gasteiger partial charge in [0.1, 0.15) is 0 Å². The highest BCUT2D eigenvalue weighted by Gasteiger charge is 2.08. The van der Waals surface area contributed by atoms with Gasteiger partial charge >= 0.3 is 0 Å². The van der Waals surface area contributed by atoms with Gasteiger partial charge in [-0.2, -0.15) is 0 Å². The smallest absolute Gasteiger partial charge is 0.229 e. The summed E-state index contributed by atoms with van der Waals surface area (Å²) in [7, 11) is 0. The summed E-state index contributed by atoms with van der Waals surface area (Å²) in [5.41, 5.74) is 5.02. The summed E-state index contributed by atoms with van der Waals surface area (Å²) < 4.78 is 0. The van der Waals surface area contributed by atoms with E-state index in [-0.39, 0.29) is 0 Å². The molecule has 0 aliphatic heterocycles. The average molecular weight is 439 g/mol. The van der Waals surface area contributed by atoms with E-state index in [0.29, 0.717) is 23.6 Å². The molecular formula is C22H26N6S2. The van der Waals surface area contributed by atoms with E-state index in [9.17, 15) is 0 Å². The van der Waals surface area contributed by atoms with Crippen LogP contribution in [0.2, 0.25) is 0 Å². The topological polar surface area (TPSA) is 74.2 Å². The lowest BCUT2D eigenvalue weighted by atomic mass is 10.1. The van der Waals surface area contributed by atoms with Crippen molar-refractivity contribution in [2.24, 2.45) is 4.99 Å². The van der Waals surface area contributed by atoms with Gasteiger partial charge in [0.2, 0.25) is 11.9 Å². The molecule has 0 amide bonds. The van der Waals surface area contributed by atoms with Crippen LogP contribution in [0.4, 0.5) is 11.6 Å². The van der Waals surface area contributed by atoms with Gasteiger partial charge in [-0.3, -0.25) is 10.3 Å². The molecule has 30 heavy (non-hydrogen) atoms. The Balaban J connectivity index is 1.73. The molecule has 0 unspecified atom stereocenters. The molecule has 0 aliphatic carbocycles. The summed E-state index contributed by atoms with van der Waals surface area (Å²) in [6.07, 6.45) is 0.857. The van der Waals surface area contributed by atoms with Crippen LogP contribution in [0.5, 0.6) is 0 Å². The first kappa shape index (κ1) is 21.9. The molecule has 0 atom stereocenters. The zero-order valence-electron chi connectivity index (χ0n) is 17.6. The van der Waals surface area contributed by atoms with Crippen LogP contribution >= 0.6 is 23.6 Å². The number of aryl methyl sites for hydroxylation is 4.